The van der Waals surface area contributed by atoms with E-state index in [-0.39, 0.29) is 35.2 Å². The van der Waals surface area contributed by atoms with E-state index in [2.05, 4.69) is 27.7 Å². The molecule has 0 N–H and O–H groups in total. The van der Waals surface area contributed by atoms with E-state index in [0.29, 0.717) is 5.92 Å². The Balaban J connectivity index is 1.72. The highest BCUT2D eigenvalue weighted by Crippen LogP contribution is 2.68. The predicted octanol–water partition coefficient (Wildman–Crippen LogP) is 1.89. The van der Waals surface area contributed by atoms with Gasteiger partial charge in [0.05, 0.1) is 6.54 Å². The van der Waals surface area contributed by atoms with E-state index in [4.69, 9.17) is 0 Å². The summed E-state index contributed by atoms with van der Waals surface area (Å²) in [7, 11) is 0. The third-order valence-corrected chi connectivity index (χ3v) is 6.47. The van der Waals surface area contributed by atoms with Gasteiger partial charge in [-0.3, -0.25) is 9.59 Å². The summed E-state index contributed by atoms with van der Waals surface area (Å²) in [6.45, 7) is 10.9. The molecule has 3 fully saturated rings. The number of hydrogen-bond acceptors (Lipinski definition) is 2. The Hall–Kier alpha value is -1.06. The standard InChI is InChI=1S/C16H26N2O2/c1-15(2)12(16(15,3)4)9-17-10-13(19)18-8-6-5-7-11(18)14(17)20/h11-12H,5-10H2,1-4H3. The van der Waals surface area contributed by atoms with Gasteiger partial charge in [0, 0.05) is 13.1 Å². The third-order valence-electron chi connectivity index (χ3n) is 6.47. The molecule has 3 rings (SSSR count). The predicted molar refractivity (Wildman–Crippen MR) is 77.0 cm³/mol. The Morgan fingerprint density at radius 1 is 1.10 bits per heavy atom. The Morgan fingerprint density at radius 3 is 2.35 bits per heavy atom. The highest BCUT2D eigenvalue weighted by Gasteiger charge is 2.65. The molecular weight excluding hydrogens is 252 g/mol. The van der Waals surface area contributed by atoms with Gasteiger partial charge < -0.3 is 9.80 Å². The minimum atomic E-state index is -0.171. The van der Waals surface area contributed by atoms with Crippen LogP contribution in [0.1, 0.15) is 47.0 Å². The van der Waals surface area contributed by atoms with Gasteiger partial charge in [0.15, 0.2) is 0 Å². The highest BCUT2D eigenvalue weighted by molar-refractivity contribution is 5.95. The summed E-state index contributed by atoms with van der Waals surface area (Å²) in [6, 6.07) is -0.171. The fourth-order valence-electron chi connectivity index (χ4n) is 4.19. The number of amides is 2. The van der Waals surface area contributed by atoms with Crippen molar-refractivity contribution in [2.24, 2.45) is 16.7 Å². The van der Waals surface area contributed by atoms with Crippen LogP contribution in [-0.4, -0.2) is 47.3 Å². The number of fused-ring (bicyclic) bond motifs is 1. The molecule has 20 heavy (non-hydrogen) atoms. The first-order valence-electron chi connectivity index (χ1n) is 7.85. The van der Waals surface area contributed by atoms with Crippen molar-refractivity contribution < 1.29 is 9.59 Å². The van der Waals surface area contributed by atoms with Gasteiger partial charge in [-0.2, -0.15) is 0 Å². The summed E-state index contributed by atoms with van der Waals surface area (Å²) in [5, 5.41) is 0. The normalized spacial score (nSPS) is 32.3. The number of rotatable bonds is 2. The largest absolute Gasteiger partial charge is 0.331 e. The van der Waals surface area contributed by atoms with Crippen molar-refractivity contribution in [2.45, 2.75) is 53.0 Å². The molecule has 0 aromatic carbocycles. The van der Waals surface area contributed by atoms with Gasteiger partial charge >= 0.3 is 0 Å². The van der Waals surface area contributed by atoms with Gasteiger partial charge in [-0.1, -0.05) is 27.7 Å². The average Bonchev–Trinajstić information content (AvgIpc) is 2.78. The van der Waals surface area contributed by atoms with Crippen molar-refractivity contribution in [3.8, 4) is 0 Å². The molecule has 112 valence electrons. The van der Waals surface area contributed by atoms with E-state index in [1.54, 1.807) is 0 Å². The lowest BCUT2D eigenvalue weighted by Gasteiger charge is -2.43. The Kier molecular flexibility index (Phi) is 2.93. The molecule has 2 saturated heterocycles. The highest BCUT2D eigenvalue weighted by atomic mass is 16.2. The van der Waals surface area contributed by atoms with Crippen LogP contribution < -0.4 is 0 Å². The van der Waals surface area contributed by atoms with Crippen molar-refractivity contribution in [1.29, 1.82) is 0 Å². The minimum absolute atomic E-state index is 0.144. The minimum Gasteiger partial charge on any atom is -0.331 e. The summed E-state index contributed by atoms with van der Waals surface area (Å²) in [4.78, 5) is 28.5. The van der Waals surface area contributed by atoms with E-state index in [0.717, 1.165) is 32.4 Å². The topological polar surface area (TPSA) is 40.6 Å². The van der Waals surface area contributed by atoms with Crippen LogP contribution in [0.4, 0.5) is 0 Å². The third kappa shape index (κ3) is 1.80. The van der Waals surface area contributed by atoms with E-state index in [1.807, 2.05) is 9.80 Å². The van der Waals surface area contributed by atoms with Crippen molar-refractivity contribution in [2.75, 3.05) is 19.6 Å². The van der Waals surface area contributed by atoms with E-state index in [1.165, 1.54) is 0 Å². The summed E-state index contributed by atoms with van der Waals surface area (Å²) >= 11 is 0. The van der Waals surface area contributed by atoms with Crippen LogP contribution in [0.2, 0.25) is 0 Å². The molecule has 0 aromatic heterocycles. The van der Waals surface area contributed by atoms with Gasteiger partial charge in [-0.05, 0) is 36.0 Å². The SMILES string of the molecule is CC1(C)C(CN2CC(=O)N3CCCCC3C2=O)C1(C)C. The zero-order valence-electron chi connectivity index (χ0n) is 13.1. The van der Waals surface area contributed by atoms with Gasteiger partial charge in [-0.15, -0.1) is 0 Å². The van der Waals surface area contributed by atoms with Gasteiger partial charge in [0.2, 0.25) is 11.8 Å². The molecule has 0 radical (unpaired) electrons. The molecule has 0 bridgehead atoms. The van der Waals surface area contributed by atoms with E-state index >= 15 is 0 Å². The van der Waals surface area contributed by atoms with Crippen LogP contribution in [0.3, 0.4) is 0 Å². The monoisotopic (exact) mass is 278 g/mol. The van der Waals surface area contributed by atoms with Crippen LogP contribution in [0.15, 0.2) is 0 Å². The fraction of sp³-hybridized carbons (Fsp3) is 0.875. The summed E-state index contributed by atoms with van der Waals surface area (Å²) in [5.74, 6) is 0.829. The summed E-state index contributed by atoms with van der Waals surface area (Å²) in [5.41, 5.74) is 0.528. The number of carbonyl (C=O) groups excluding carboxylic acids is 2. The Labute approximate surface area is 121 Å². The lowest BCUT2D eigenvalue weighted by molar-refractivity contribution is -0.158. The molecule has 0 aromatic rings. The second-order valence-electron chi connectivity index (χ2n) is 7.81. The van der Waals surface area contributed by atoms with Crippen molar-refractivity contribution in [1.82, 2.24) is 9.80 Å². The van der Waals surface area contributed by atoms with Gasteiger partial charge in [0.1, 0.15) is 6.04 Å². The van der Waals surface area contributed by atoms with E-state index in [9.17, 15) is 9.59 Å². The molecule has 1 unspecified atom stereocenters. The molecule has 0 spiro atoms. The zero-order valence-corrected chi connectivity index (χ0v) is 13.1. The number of piperazine rings is 1. The zero-order chi connectivity index (χ0) is 14.7. The molecule has 4 heteroatoms. The lowest BCUT2D eigenvalue weighted by atomic mass is 9.98. The maximum Gasteiger partial charge on any atom is 0.245 e. The number of nitrogens with zero attached hydrogens (tertiary/aromatic N) is 2. The molecule has 4 nitrogen and oxygen atoms in total. The first-order valence-corrected chi connectivity index (χ1v) is 7.85. The van der Waals surface area contributed by atoms with Crippen LogP contribution in [0, 0.1) is 16.7 Å². The first kappa shape index (κ1) is 13.9. The van der Waals surface area contributed by atoms with Crippen LogP contribution in [0.25, 0.3) is 0 Å². The smallest absolute Gasteiger partial charge is 0.245 e. The molecule has 1 aliphatic carbocycles. The Morgan fingerprint density at radius 2 is 1.75 bits per heavy atom. The second kappa shape index (κ2) is 4.22. The van der Waals surface area contributed by atoms with Crippen LogP contribution in [0.5, 0.6) is 0 Å². The summed E-state index contributed by atoms with van der Waals surface area (Å²) in [6.07, 6.45) is 2.95. The van der Waals surface area contributed by atoms with Crippen LogP contribution >= 0.6 is 0 Å². The van der Waals surface area contributed by atoms with Gasteiger partial charge in [-0.25, -0.2) is 0 Å². The molecule has 3 aliphatic rings. The maximum atomic E-state index is 12.6. The summed E-state index contributed by atoms with van der Waals surface area (Å²) < 4.78 is 0. The number of piperidine rings is 1. The first-order chi connectivity index (χ1) is 9.26. The molecule has 1 atom stereocenters. The lowest BCUT2D eigenvalue weighted by Crippen LogP contribution is -2.61. The van der Waals surface area contributed by atoms with E-state index < -0.39 is 0 Å². The van der Waals surface area contributed by atoms with Crippen molar-refractivity contribution >= 4 is 11.8 Å². The van der Waals surface area contributed by atoms with Crippen molar-refractivity contribution in [3.63, 3.8) is 0 Å². The second-order valence-corrected chi connectivity index (χ2v) is 7.81. The number of hydrogen-bond donors (Lipinski definition) is 0. The fourth-order valence-corrected chi connectivity index (χ4v) is 4.19. The molecule has 1 saturated carbocycles. The van der Waals surface area contributed by atoms with Crippen LogP contribution in [-0.2, 0) is 9.59 Å². The van der Waals surface area contributed by atoms with Gasteiger partial charge in [0.25, 0.3) is 0 Å². The molecule has 2 aliphatic heterocycles. The molecule has 2 amide bonds. The average molecular weight is 278 g/mol. The quantitative estimate of drug-likeness (QED) is 0.774. The molecule has 2 heterocycles. The number of carbonyl (C=O) groups is 2. The molecular formula is C16H26N2O2. The van der Waals surface area contributed by atoms with Crippen molar-refractivity contribution in [3.05, 3.63) is 0 Å². The Bertz CT molecular complexity index is 441. The maximum absolute atomic E-state index is 12.6.